The van der Waals surface area contributed by atoms with E-state index in [2.05, 4.69) is 76.4 Å². The van der Waals surface area contributed by atoms with Crippen molar-refractivity contribution < 1.29 is 4.79 Å². The highest BCUT2D eigenvalue weighted by molar-refractivity contribution is 5.96. The van der Waals surface area contributed by atoms with Crippen LogP contribution in [-0.2, 0) is 6.42 Å². The van der Waals surface area contributed by atoms with E-state index in [1.807, 2.05) is 6.92 Å². The fraction of sp³-hybridized carbons (Fsp3) is 0.276. The molecule has 1 saturated heterocycles. The second-order valence-corrected chi connectivity index (χ2v) is 9.51. The minimum atomic E-state index is -0.655. The van der Waals surface area contributed by atoms with Crippen LogP contribution in [-0.4, -0.2) is 44.8 Å². The first kappa shape index (κ1) is 26.4. The van der Waals surface area contributed by atoms with Crippen molar-refractivity contribution in [2.24, 2.45) is 5.73 Å². The molecule has 37 heavy (non-hydrogen) atoms. The van der Waals surface area contributed by atoms with Gasteiger partial charge in [0.25, 0.3) is 11.5 Å². The Bertz CT molecular complexity index is 1490. The molecule has 1 amide bonds. The van der Waals surface area contributed by atoms with Crippen LogP contribution < -0.4 is 11.3 Å². The number of nitrogens with one attached hydrogen (secondary N) is 1. The topological polar surface area (TPSA) is 96.5 Å². The molecule has 8 heteroatoms. The van der Waals surface area contributed by atoms with Crippen LogP contribution in [0.25, 0.3) is 11.2 Å². The number of H-pyrrole nitrogens is 1. The predicted octanol–water partition coefficient (Wildman–Crippen LogP) is 4.30. The number of piperidine rings is 1. The molecule has 5 rings (SSSR count). The standard InChI is InChI=1S/C29H31N5O2.ClH/c1-19-8-10-22(11-9-19)25(21-6-4-3-5-7-21)23-12-15-33(16-13-23)17-14-24-20(2)32-28-26(27(30)35)31-18-34(28)29(24)36;/h3-11,18,32H,12-17H2,1-2H3,(H2,30,35);1H. The molecule has 192 valence electrons. The smallest absolute Gasteiger partial charge is 0.271 e. The fourth-order valence-corrected chi connectivity index (χ4v) is 5.12. The van der Waals surface area contributed by atoms with Gasteiger partial charge in [0.1, 0.15) is 6.33 Å². The van der Waals surface area contributed by atoms with Crippen molar-refractivity contribution in [2.75, 3.05) is 19.6 Å². The Morgan fingerprint density at radius 1 is 1.00 bits per heavy atom. The van der Waals surface area contributed by atoms with Gasteiger partial charge < -0.3 is 15.6 Å². The lowest BCUT2D eigenvalue weighted by atomic mass is 9.88. The van der Waals surface area contributed by atoms with Crippen molar-refractivity contribution in [1.29, 1.82) is 0 Å². The maximum Gasteiger partial charge on any atom is 0.271 e. The van der Waals surface area contributed by atoms with E-state index in [0.717, 1.165) is 38.2 Å². The van der Waals surface area contributed by atoms with E-state index in [1.54, 1.807) is 0 Å². The zero-order valence-electron chi connectivity index (χ0n) is 21.2. The molecular formula is C29H32ClN5O2. The number of aromatic amines is 1. The van der Waals surface area contributed by atoms with Crippen LogP contribution in [0, 0.1) is 13.8 Å². The van der Waals surface area contributed by atoms with Gasteiger partial charge in [0.15, 0.2) is 11.3 Å². The fourth-order valence-electron chi connectivity index (χ4n) is 5.12. The molecule has 0 radical (unpaired) electrons. The molecule has 0 atom stereocenters. The first-order valence-electron chi connectivity index (χ1n) is 12.4. The predicted molar refractivity (Wildman–Crippen MR) is 149 cm³/mol. The van der Waals surface area contributed by atoms with Crippen LogP contribution in [0.4, 0.5) is 0 Å². The average Bonchev–Trinajstić information content (AvgIpc) is 3.31. The molecule has 3 heterocycles. The molecule has 1 aliphatic heterocycles. The Kier molecular flexibility index (Phi) is 7.95. The van der Waals surface area contributed by atoms with Crippen LogP contribution >= 0.6 is 12.4 Å². The van der Waals surface area contributed by atoms with Gasteiger partial charge in [-0.25, -0.2) is 4.98 Å². The molecule has 1 fully saturated rings. The van der Waals surface area contributed by atoms with E-state index in [9.17, 15) is 9.59 Å². The highest BCUT2D eigenvalue weighted by Crippen LogP contribution is 2.32. The van der Waals surface area contributed by atoms with Crippen molar-refractivity contribution in [3.8, 4) is 0 Å². The number of carbonyl (C=O) groups excluding carboxylic acids is 1. The summed E-state index contributed by atoms with van der Waals surface area (Å²) in [7, 11) is 0. The second kappa shape index (κ2) is 11.2. The van der Waals surface area contributed by atoms with Crippen molar-refractivity contribution in [3.63, 3.8) is 0 Å². The molecule has 4 aromatic rings. The number of aromatic nitrogens is 3. The number of nitrogens with two attached hydrogens (primary N) is 1. The first-order chi connectivity index (χ1) is 17.4. The molecule has 7 nitrogen and oxygen atoms in total. The number of halogens is 1. The number of carbonyl (C=O) groups is 1. The molecule has 3 N–H and O–H groups in total. The molecule has 0 aliphatic carbocycles. The molecular weight excluding hydrogens is 486 g/mol. The largest absolute Gasteiger partial charge is 0.364 e. The lowest BCUT2D eigenvalue weighted by Gasteiger charge is -2.30. The summed E-state index contributed by atoms with van der Waals surface area (Å²) < 4.78 is 1.38. The zero-order valence-corrected chi connectivity index (χ0v) is 22.0. The molecule has 2 aromatic carbocycles. The Morgan fingerprint density at radius 2 is 1.65 bits per heavy atom. The molecule has 0 spiro atoms. The summed E-state index contributed by atoms with van der Waals surface area (Å²) in [5.41, 5.74) is 13.7. The number of amides is 1. The van der Waals surface area contributed by atoms with Crippen LogP contribution in [0.2, 0.25) is 0 Å². The zero-order chi connectivity index (χ0) is 25.2. The number of fused-ring (bicyclic) bond motifs is 1. The SMILES string of the molecule is Cc1ccc(C(=C2CCN(CCc3c(C)[nH]c4c(C(N)=O)ncn4c3=O)CC2)c2ccccc2)cc1.Cl. The third-order valence-electron chi connectivity index (χ3n) is 7.13. The molecule has 0 saturated carbocycles. The number of nitrogens with zero attached hydrogens (tertiary/aromatic N) is 3. The minimum Gasteiger partial charge on any atom is -0.364 e. The number of hydrogen-bond donors (Lipinski definition) is 2. The maximum atomic E-state index is 13.1. The minimum absolute atomic E-state index is 0. The monoisotopic (exact) mass is 517 g/mol. The number of hydrogen-bond acceptors (Lipinski definition) is 4. The number of primary amides is 1. The highest BCUT2D eigenvalue weighted by Gasteiger charge is 2.21. The van der Waals surface area contributed by atoms with E-state index in [4.69, 9.17) is 5.73 Å². The van der Waals surface area contributed by atoms with Gasteiger partial charge in [0.05, 0.1) is 0 Å². The van der Waals surface area contributed by atoms with E-state index in [0.29, 0.717) is 17.6 Å². The Morgan fingerprint density at radius 3 is 2.30 bits per heavy atom. The summed E-state index contributed by atoms with van der Waals surface area (Å²) in [4.78, 5) is 34.2. The van der Waals surface area contributed by atoms with Gasteiger partial charge in [0.2, 0.25) is 0 Å². The van der Waals surface area contributed by atoms with Gasteiger partial charge in [-0.3, -0.25) is 14.0 Å². The third-order valence-corrected chi connectivity index (χ3v) is 7.13. The van der Waals surface area contributed by atoms with Gasteiger partial charge in [-0.1, -0.05) is 65.7 Å². The summed E-state index contributed by atoms with van der Waals surface area (Å²) in [6.07, 6.45) is 3.99. The highest BCUT2D eigenvalue weighted by atomic mass is 35.5. The van der Waals surface area contributed by atoms with E-state index >= 15 is 0 Å². The van der Waals surface area contributed by atoms with Gasteiger partial charge in [-0.2, -0.15) is 0 Å². The van der Waals surface area contributed by atoms with Crippen LogP contribution in [0.3, 0.4) is 0 Å². The van der Waals surface area contributed by atoms with Crippen LogP contribution in [0.1, 0.15) is 51.3 Å². The molecule has 0 bridgehead atoms. The summed E-state index contributed by atoms with van der Waals surface area (Å²) in [5.74, 6) is -0.655. The second-order valence-electron chi connectivity index (χ2n) is 9.51. The van der Waals surface area contributed by atoms with Gasteiger partial charge in [-0.05, 0) is 49.8 Å². The lowest BCUT2D eigenvalue weighted by Crippen LogP contribution is -2.34. The van der Waals surface area contributed by atoms with Crippen molar-refractivity contribution in [2.45, 2.75) is 33.1 Å². The first-order valence-corrected chi connectivity index (χ1v) is 12.4. The third kappa shape index (κ3) is 5.38. The van der Waals surface area contributed by atoms with Crippen LogP contribution in [0.15, 0.2) is 71.3 Å². The lowest BCUT2D eigenvalue weighted by molar-refractivity contribution is 0.0997. The summed E-state index contributed by atoms with van der Waals surface area (Å²) in [6.45, 7) is 6.68. The summed E-state index contributed by atoms with van der Waals surface area (Å²) in [6, 6.07) is 19.5. The average molecular weight is 518 g/mol. The van der Waals surface area contributed by atoms with Crippen molar-refractivity contribution in [3.05, 3.63) is 110 Å². The summed E-state index contributed by atoms with van der Waals surface area (Å²) in [5, 5.41) is 0. The van der Waals surface area contributed by atoms with Crippen molar-refractivity contribution >= 4 is 29.5 Å². The molecule has 0 unspecified atom stereocenters. The Hall–Kier alpha value is -3.68. The van der Waals surface area contributed by atoms with Crippen molar-refractivity contribution in [1.82, 2.24) is 19.3 Å². The van der Waals surface area contributed by atoms with Gasteiger partial charge >= 0.3 is 0 Å². The molecule has 2 aromatic heterocycles. The van der Waals surface area contributed by atoms with E-state index in [-0.39, 0.29) is 23.7 Å². The number of rotatable bonds is 6. The Balaban J connectivity index is 0.00000320. The molecule has 1 aliphatic rings. The van der Waals surface area contributed by atoms with Gasteiger partial charge in [-0.15, -0.1) is 12.4 Å². The quantitative estimate of drug-likeness (QED) is 0.398. The van der Waals surface area contributed by atoms with Crippen LogP contribution in [0.5, 0.6) is 0 Å². The summed E-state index contributed by atoms with van der Waals surface area (Å²) >= 11 is 0. The number of likely N-dealkylation sites (tertiary alicyclic amines) is 1. The maximum absolute atomic E-state index is 13.1. The number of aryl methyl sites for hydroxylation is 2. The van der Waals surface area contributed by atoms with Gasteiger partial charge in [0, 0.05) is 30.9 Å². The normalized spacial score (nSPS) is 13.9. The van der Waals surface area contributed by atoms with E-state index in [1.165, 1.54) is 38.6 Å². The Labute approximate surface area is 222 Å². The van der Waals surface area contributed by atoms with E-state index < -0.39 is 5.91 Å². The number of benzene rings is 2. The number of imidazole rings is 1.